The monoisotopic (exact) mass is 369 g/mol. The summed E-state index contributed by atoms with van der Waals surface area (Å²) in [6, 6.07) is 1.57. The summed E-state index contributed by atoms with van der Waals surface area (Å²) in [5.41, 5.74) is -0.560. The van der Waals surface area contributed by atoms with Crippen LogP contribution in [0.25, 0.3) is 10.2 Å². The lowest BCUT2D eigenvalue weighted by Crippen LogP contribution is -2.24. The molecule has 6 nitrogen and oxygen atoms in total. The number of Topliss-reactive ketones (excluding diaryl/α,β-unsaturated/α-hetero) is 1. The average molecular weight is 369 g/mol. The van der Waals surface area contributed by atoms with E-state index in [0.29, 0.717) is 4.70 Å². The second-order valence-corrected chi connectivity index (χ2v) is 7.33. The highest BCUT2D eigenvalue weighted by molar-refractivity contribution is 7.20. The number of methoxy groups -OCH3 is 2. The highest BCUT2D eigenvalue weighted by Gasteiger charge is 2.22. The van der Waals surface area contributed by atoms with Gasteiger partial charge in [0.2, 0.25) is 0 Å². The Balaban J connectivity index is 2.20. The summed E-state index contributed by atoms with van der Waals surface area (Å²) in [5.74, 6) is -1.32. The van der Waals surface area contributed by atoms with Crippen molar-refractivity contribution in [1.29, 1.82) is 0 Å². The van der Waals surface area contributed by atoms with Crippen LogP contribution in [0.1, 0.15) is 43.4 Å². The number of carbonyl (C=O) groups excluding carboxylic acids is 2. The molecule has 0 N–H and O–H groups in total. The summed E-state index contributed by atoms with van der Waals surface area (Å²) in [5, 5.41) is 0.132. The summed E-state index contributed by atoms with van der Waals surface area (Å²) in [6.07, 6.45) is -0.105. The molecule has 0 aliphatic rings. The van der Waals surface area contributed by atoms with Gasteiger partial charge in [-0.2, -0.15) is 0 Å². The number of carbonyl (C=O) groups is 2. The van der Waals surface area contributed by atoms with E-state index in [1.807, 2.05) is 0 Å². The van der Waals surface area contributed by atoms with E-state index in [4.69, 9.17) is 14.2 Å². The second-order valence-electron chi connectivity index (χ2n) is 6.30. The number of hydrogen-bond acceptors (Lipinski definition) is 7. The Bertz CT molecular complexity index is 809. The number of thiazole rings is 1. The van der Waals surface area contributed by atoms with Crippen molar-refractivity contribution >= 4 is 33.3 Å². The molecule has 0 fully saturated rings. The van der Waals surface area contributed by atoms with Crippen molar-refractivity contribution in [2.24, 2.45) is 0 Å². The molecule has 1 aromatic carbocycles. The van der Waals surface area contributed by atoms with Crippen LogP contribution in [0.5, 0.6) is 11.5 Å². The lowest BCUT2D eigenvalue weighted by Gasteiger charge is -2.19. The third kappa shape index (κ3) is 4.45. The number of aromatic nitrogens is 1. The van der Waals surface area contributed by atoms with Crippen molar-refractivity contribution in [3.05, 3.63) is 16.9 Å². The number of rotatable bonds is 6. The number of benzene rings is 1. The van der Waals surface area contributed by atoms with Gasteiger partial charge >= 0.3 is 5.97 Å². The summed E-state index contributed by atoms with van der Waals surface area (Å²) in [4.78, 5) is 28.0. The summed E-state index contributed by atoms with van der Waals surface area (Å²) < 4.78 is 30.2. The topological polar surface area (TPSA) is 74.7 Å². The van der Waals surface area contributed by atoms with Gasteiger partial charge in [0.05, 0.1) is 25.3 Å². The number of hydrogen-bond donors (Lipinski definition) is 0. The van der Waals surface area contributed by atoms with Gasteiger partial charge in [-0.25, -0.2) is 9.37 Å². The standard InChI is InChI=1S/C17H20FNO5S/c1-17(2,3)24-12(21)7-6-9(20)16-19-14-11(25-16)8-10(22-4)15(23-5)13(14)18/h8H,6-7H2,1-5H3. The van der Waals surface area contributed by atoms with Gasteiger partial charge in [0.25, 0.3) is 0 Å². The molecular formula is C17H20FNO5S. The lowest BCUT2D eigenvalue weighted by atomic mass is 10.2. The van der Waals surface area contributed by atoms with Gasteiger partial charge in [-0.15, -0.1) is 11.3 Å². The van der Waals surface area contributed by atoms with E-state index >= 15 is 0 Å². The van der Waals surface area contributed by atoms with E-state index in [2.05, 4.69) is 4.98 Å². The number of nitrogens with zero attached hydrogens (tertiary/aromatic N) is 1. The van der Waals surface area contributed by atoms with Crippen LogP contribution in [0.4, 0.5) is 4.39 Å². The molecule has 2 rings (SSSR count). The number of ketones is 1. The molecule has 0 amide bonds. The predicted molar refractivity (Wildman–Crippen MR) is 92.1 cm³/mol. The van der Waals surface area contributed by atoms with Crippen LogP contribution in [-0.4, -0.2) is 36.6 Å². The molecule has 0 saturated carbocycles. The molecule has 0 saturated heterocycles. The minimum atomic E-state index is -0.681. The third-order valence-corrected chi connectivity index (χ3v) is 4.23. The van der Waals surface area contributed by atoms with E-state index in [9.17, 15) is 14.0 Å². The Labute approximate surface area is 148 Å². The first-order valence-electron chi connectivity index (χ1n) is 7.62. The summed E-state index contributed by atoms with van der Waals surface area (Å²) >= 11 is 1.04. The van der Waals surface area contributed by atoms with Crippen molar-refractivity contribution < 1.29 is 28.2 Å². The molecule has 0 atom stereocenters. The van der Waals surface area contributed by atoms with Gasteiger partial charge in [0, 0.05) is 12.5 Å². The predicted octanol–water partition coefficient (Wildman–Crippen LogP) is 3.76. The van der Waals surface area contributed by atoms with E-state index < -0.39 is 17.4 Å². The van der Waals surface area contributed by atoms with Crippen LogP contribution in [-0.2, 0) is 9.53 Å². The largest absolute Gasteiger partial charge is 0.493 e. The molecule has 25 heavy (non-hydrogen) atoms. The molecule has 0 aliphatic carbocycles. The number of fused-ring (bicyclic) bond motifs is 1. The second kappa shape index (κ2) is 7.35. The SMILES string of the molecule is COc1cc2sc(C(=O)CCC(=O)OC(C)(C)C)nc2c(F)c1OC. The molecule has 0 radical (unpaired) electrons. The zero-order valence-electron chi connectivity index (χ0n) is 14.8. The van der Waals surface area contributed by atoms with Crippen LogP contribution < -0.4 is 9.47 Å². The molecule has 2 aromatic rings. The van der Waals surface area contributed by atoms with Crippen LogP contribution >= 0.6 is 11.3 Å². The van der Waals surface area contributed by atoms with Gasteiger partial charge in [0.1, 0.15) is 11.1 Å². The maximum atomic E-state index is 14.4. The first-order chi connectivity index (χ1) is 11.7. The smallest absolute Gasteiger partial charge is 0.306 e. The van der Waals surface area contributed by atoms with E-state index in [-0.39, 0.29) is 40.6 Å². The summed E-state index contributed by atoms with van der Waals surface area (Å²) in [7, 11) is 2.73. The number of ether oxygens (including phenoxy) is 3. The normalized spacial score (nSPS) is 11.4. The third-order valence-electron chi connectivity index (χ3n) is 3.19. The van der Waals surface area contributed by atoms with E-state index in [0.717, 1.165) is 11.3 Å². The van der Waals surface area contributed by atoms with Crippen molar-refractivity contribution in [2.45, 2.75) is 39.2 Å². The summed E-state index contributed by atoms with van der Waals surface area (Å²) in [6.45, 7) is 5.26. The zero-order chi connectivity index (χ0) is 18.8. The Hall–Kier alpha value is -2.22. The van der Waals surface area contributed by atoms with Gasteiger partial charge < -0.3 is 14.2 Å². The molecule has 1 aromatic heterocycles. The molecular weight excluding hydrogens is 349 g/mol. The maximum absolute atomic E-state index is 14.4. The molecule has 8 heteroatoms. The quantitative estimate of drug-likeness (QED) is 0.570. The van der Waals surface area contributed by atoms with Crippen molar-refractivity contribution in [2.75, 3.05) is 14.2 Å². The van der Waals surface area contributed by atoms with E-state index in [1.165, 1.54) is 14.2 Å². The minimum absolute atomic E-state index is 0.0447. The molecule has 0 bridgehead atoms. The Morgan fingerprint density at radius 2 is 1.88 bits per heavy atom. The molecule has 0 spiro atoms. The van der Waals surface area contributed by atoms with Gasteiger partial charge in [-0.3, -0.25) is 9.59 Å². The zero-order valence-corrected chi connectivity index (χ0v) is 15.6. The van der Waals surface area contributed by atoms with Crippen LogP contribution in [0, 0.1) is 5.82 Å². The first-order valence-corrected chi connectivity index (χ1v) is 8.44. The maximum Gasteiger partial charge on any atom is 0.306 e. The lowest BCUT2D eigenvalue weighted by molar-refractivity contribution is -0.154. The van der Waals surface area contributed by atoms with Crippen LogP contribution in [0.3, 0.4) is 0 Å². The van der Waals surface area contributed by atoms with Gasteiger partial charge in [-0.1, -0.05) is 0 Å². The Morgan fingerprint density at radius 1 is 1.20 bits per heavy atom. The molecule has 136 valence electrons. The highest BCUT2D eigenvalue weighted by atomic mass is 32.1. The van der Waals surface area contributed by atoms with Crippen molar-refractivity contribution in [1.82, 2.24) is 4.98 Å². The van der Waals surface area contributed by atoms with Gasteiger partial charge in [-0.05, 0) is 20.8 Å². The van der Waals surface area contributed by atoms with E-state index in [1.54, 1.807) is 26.8 Å². The fraction of sp³-hybridized carbons (Fsp3) is 0.471. The van der Waals surface area contributed by atoms with Crippen LogP contribution in [0.15, 0.2) is 6.07 Å². The molecule has 1 heterocycles. The van der Waals surface area contributed by atoms with Crippen LogP contribution in [0.2, 0.25) is 0 Å². The Kier molecular flexibility index (Phi) is 5.62. The minimum Gasteiger partial charge on any atom is -0.493 e. The van der Waals surface area contributed by atoms with Gasteiger partial charge in [0.15, 0.2) is 28.1 Å². The fourth-order valence-corrected chi connectivity index (χ4v) is 3.12. The molecule has 0 unspecified atom stereocenters. The van der Waals surface area contributed by atoms with Crippen molar-refractivity contribution in [3.8, 4) is 11.5 Å². The number of esters is 1. The van der Waals surface area contributed by atoms with Crippen molar-refractivity contribution in [3.63, 3.8) is 0 Å². The molecule has 0 aliphatic heterocycles. The number of halogens is 1. The Morgan fingerprint density at radius 3 is 2.44 bits per heavy atom. The first kappa shape index (κ1) is 19.1. The average Bonchev–Trinajstić information content (AvgIpc) is 2.95. The fourth-order valence-electron chi connectivity index (χ4n) is 2.16. The highest BCUT2D eigenvalue weighted by Crippen LogP contribution is 2.38.